The van der Waals surface area contributed by atoms with Crippen molar-refractivity contribution in [3.8, 4) is 0 Å². The normalized spacial score (nSPS) is 12.5. The maximum Gasteiger partial charge on any atom is 0.376 e. The maximum absolute atomic E-state index is 11.6. The van der Waals surface area contributed by atoms with Crippen LogP contribution >= 0.6 is 11.8 Å². The maximum atomic E-state index is 11.6. The Morgan fingerprint density at radius 3 is 2.81 bits per heavy atom. The van der Waals surface area contributed by atoms with Gasteiger partial charge in [-0.05, 0) is 27.0 Å². The molecule has 0 aromatic carbocycles. The molecule has 0 aliphatic carbocycles. The highest BCUT2D eigenvalue weighted by Gasteiger charge is 2.21. The fourth-order valence-corrected chi connectivity index (χ4v) is 2.18. The van der Waals surface area contributed by atoms with Gasteiger partial charge in [0.15, 0.2) is 0 Å². The van der Waals surface area contributed by atoms with Crippen LogP contribution in [0.5, 0.6) is 0 Å². The van der Waals surface area contributed by atoms with Crippen LogP contribution in [0.4, 0.5) is 0 Å². The Kier molecular flexibility index (Phi) is 4.79. The molecule has 16 heavy (non-hydrogen) atoms. The lowest BCUT2D eigenvalue weighted by Gasteiger charge is -2.15. The molecule has 0 radical (unpaired) electrons. The van der Waals surface area contributed by atoms with Gasteiger partial charge in [0, 0.05) is 11.8 Å². The molecule has 0 aliphatic rings. The van der Waals surface area contributed by atoms with Crippen molar-refractivity contribution >= 4 is 17.7 Å². The third-order valence-electron chi connectivity index (χ3n) is 2.17. The Morgan fingerprint density at radius 2 is 2.25 bits per heavy atom. The minimum absolute atomic E-state index is 0.185. The van der Waals surface area contributed by atoms with Gasteiger partial charge in [-0.2, -0.15) is 11.8 Å². The average molecular weight is 243 g/mol. The van der Waals surface area contributed by atoms with Crippen LogP contribution < -0.4 is 0 Å². The molecule has 0 amide bonds. The molecule has 0 bridgehead atoms. The Balaban J connectivity index is 2.97. The van der Waals surface area contributed by atoms with Gasteiger partial charge in [0.2, 0.25) is 5.82 Å². The van der Waals surface area contributed by atoms with Crippen molar-refractivity contribution in [2.45, 2.75) is 26.8 Å². The summed E-state index contributed by atoms with van der Waals surface area (Å²) in [6.07, 6.45) is 2.03. The molecule has 90 valence electrons. The number of ether oxygens (including phenoxy) is 1. The number of esters is 1. The summed E-state index contributed by atoms with van der Waals surface area (Å²) in [6, 6.07) is 0.185. The first-order valence-electron chi connectivity index (χ1n) is 5.19. The largest absolute Gasteiger partial charge is 0.460 e. The van der Waals surface area contributed by atoms with Crippen molar-refractivity contribution < 1.29 is 9.53 Å². The van der Waals surface area contributed by atoms with E-state index in [0.29, 0.717) is 12.4 Å². The predicted molar refractivity (Wildman–Crippen MR) is 63.8 cm³/mol. The monoisotopic (exact) mass is 243 g/mol. The van der Waals surface area contributed by atoms with E-state index in [0.717, 1.165) is 11.6 Å². The number of hydrogen-bond acceptors (Lipinski definition) is 5. The Bertz CT molecular complexity index is 365. The number of carbonyl (C=O) groups is 1. The van der Waals surface area contributed by atoms with Crippen molar-refractivity contribution in [2.24, 2.45) is 0 Å². The molecule has 1 rings (SSSR count). The van der Waals surface area contributed by atoms with Gasteiger partial charge in [-0.1, -0.05) is 0 Å². The molecule has 1 aromatic heterocycles. The number of aromatic nitrogens is 3. The average Bonchev–Trinajstić information content (AvgIpc) is 2.61. The molecule has 1 heterocycles. The number of hydrogen-bond donors (Lipinski definition) is 0. The Hall–Kier alpha value is -1.04. The molecule has 1 unspecified atom stereocenters. The molecule has 0 spiro atoms. The van der Waals surface area contributed by atoms with Crippen molar-refractivity contribution in [1.82, 2.24) is 14.8 Å². The van der Waals surface area contributed by atoms with E-state index in [9.17, 15) is 4.79 Å². The number of aryl methyl sites for hydroxylation is 1. The predicted octanol–water partition coefficient (Wildman–Crippen LogP) is 1.69. The number of rotatable bonds is 5. The molecular weight excluding hydrogens is 226 g/mol. The lowest BCUT2D eigenvalue weighted by Crippen LogP contribution is -2.18. The number of carbonyl (C=O) groups excluding carboxylic acids is 1. The highest BCUT2D eigenvalue weighted by molar-refractivity contribution is 7.98. The molecule has 0 saturated carbocycles. The van der Waals surface area contributed by atoms with Crippen LogP contribution in [0, 0.1) is 6.92 Å². The van der Waals surface area contributed by atoms with E-state index in [-0.39, 0.29) is 6.04 Å². The minimum Gasteiger partial charge on any atom is -0.460 e. The van der Waals surface area contributed by atoms with Crippen molar-refractivity contribution in [2.75, 3.05) is 18.6 Å². The first kappa shape index (κ1) is 13.0. The van der Waals surface area contributed by atoms with E-state index in [1.807, 2.05) is 24.7 Å². The van der Waals surface area contributed by atoms with E-state index in [1.165, 1.54) is 0 Å². The summed E-state index contributed by atoms with van der Waals surface area (Å²) in [5, 5.41) is 7.79. The summed E-state index contributed by atoms with van der Waals surface area (Å²) in [6.45, 7) is 6.00. The van der Waals surface area contributed by atoms with Crippen LogP contribution in [-0.2, 0) is 4.74 Å². The second-order valence-electron chi connectivity index (χ2n) is 3.47. The summed E-state index contributed by atoms with van der Waals surface area (Å²) in [5.74, 6) is 1.53. The summed E-state index contributed by atoms with van der Waals surface area (Å²) < 4.78 is 6.77. The summed E-state index contributed by atoms with van der Waals surface area (Å²) >= 11 is 1.72. The Labute approximate surface area is 99.6 Å². The molecule has 1 aromatic rings. The second kappa shape index (κ2) is 5.89. The lowest BCUT2D eigenvalue weighted by molar-refractivity contribution is 0.0504. The van der Waals surface area contributed by atoms with Crippen molar-refractivity contribution in [1.29, 1.82) is 0 Å². The van der Waals surface area contributed by atoms with Gasteiger partial charge in [0.1, 0.15) is 5.82 Å². The molecule has 0 N–H and O–H groups in total. The van der Waals surface area contributed by atoms with E-state index >= 15 is 0 Å². The van der Waals surface area contributed by atoms with Crippen LogP contribution in [-0.4, -0.2) is 39.3 Å². The second-order valence-corrected chi connectivity index (χ2v) is 4.38. The number of thioether (sulfide) groups is 1. The van der Waals surface area contributed by atoms with Gasteiger partial charge in [0.25, 0.3) is 0 Å². The zero-order valence-electron chi connectivity index (χ0n) is 10.1. The van der Waals surface area contributed by atoms with E-state index in [2.05, 4.69) is 10.2 Å². The minimum atomic E-state index is -0.406. The van der Waals surface area contributed by atoms with Crippen LogP contribution in [0.25, 0.3) is 0 Å². The first-order valence-corrected chi connectivity index (χ1v) is 6.58. The third kappa shape index (κ3) is 2.75. The molecule has 0 aliphatic heterocycles. The molecule has 0 fully saturated rings. The van der Waals surface area contributed by atoms with Gasteiger partial charge in [0.05, 0.1) is 6.61 Å². The summed E-state index contributed by atoms with van der Waals surface area (Å²) in [7, 11) is 0. The SMILES string of the molecule is CCOC(=O)c1nnc(C)n1C(C)CSC. The van der Waals surface area contributed by atoms with E-state index in [1.54, 1.807) is 18.7 Å². The molecule has 1 atom stereocenters. The van der Waals surface area contributed by atoms with Gasteiger partial charge in [-0.3, -0.25) is 0 Å². The smallest absolute Gasteiger partial charge is 0.376 e. The highest BCUT2D eigenvalue weighted by atomic mass is 32.2. The van der Waals surface area contributed by atoms with Crippen LogP contribution in [0.1, 0.15) is 36.3 Å². The summed E-state index contributed by atoms with van der Waals surface area (Å²) in [4.78, 5) is 11.6. The van der Waals surface area contributed by atoms with Crippen molar-refractivity contribution in [3.05, 3.63) is 11.6 Å². The van der Waals surface area contributed by atoms with E-state index in [4.69, 9.17) is 4.74 Å². The standard InChI is InChI=1S/C10H17N3O2S/c1-5-15-10(14)9-12-11-8(3)13(9)7(2)6-16-4/h7H,5-6H2,1-4H3. The highest BCUT2D eigenvalue weighted by Crippen LogP contribution is 2.16. The van der Waals surface area contributed by atoms with Gasteiger partial charge >= 0.3 is 5.97 Å². The molecular formula is C10H17N3O2S. The van der Waals surface area contributed by atoms with Crippen molar-refractivity contribution in [3.63, 3.8) is 0 Å². The van der Waals surface area contributed by atoms with Gasteiger partial charge in [-0.25, -0.2) is 4.79 Å². The topological polar surface area (TPSA) is 57.0 Å². The molecule has 0 saturated heterocycles. The van der Waals surface area contributed by atoms with Crippen LogP contribution in [0.3, 0.4) is 0 Å². The quantitative estimate of drug-likeness (QED) is 0.736. The fourth-order valence-electron chi connectivity index (χ4n) is 1.55. The van der Waals surface area contributed by atoms with Gasteiger partial charge < -0.3 is 9.30 Å². The van der Waals surface area contributed by atoms with Crippen LogP contribution in [0.15, 0.2) is 0 Å². The van der Waals surface area contributed by atoms with Crippen LogP contribution in [0.2, 0.25) is 0 Å². The Morgan fingerprint density at radius 1 is 1.56 bits per heavy atom. The van der Waals surface area contributed by atoms with E-state index < -0.39 is 5.97 Å². The molecule has 6 heteroatoms. The zero-order chi connectivity index (χ0) is 12.1. The fraction of sp³-hybridized carbons (Fsp3) is 0.700. The lowest BCUT2D eigenvalue weighted by atomic mass is 10.3. The first-order chi connectivity index (χ1) is 7.61. The van der Waals surface area contributed by atoms with Gasteiger partial charge in [-0.15, -0.1) is 10.2 Å². The summed E-state index contributed by atoms with van der Waals surface area (Å²) in [5.41, 5.74) is 0. The third-order valence-corrected chi connectivity index (χ3v) is 2.99. The molecule has 5 nitrogen and oxygen atoms in total. The zero-order valence-corrected chi connectivity index (χ0v) is 10.9. The number of nitrogens with zero attached hydrogens (tertiary/aromatic N) is 3.